The van der Waals surface area contributed by atoms with E-state index in [1.165, 1.54) is 0 Å². The smallest absolute Gasteiger partial charge is 0.311 e. The summed E-state index contributed by atoms with van der Waals surface area (Å²) in [7, 11) is 0. The van der Waals surface area contributed by atoms with Crippen molar-refractivity contribution >= 4 is 22.8 Å². The Bertz CT molecular complexity index is 784. The molecule has 0 bridgehead atoms. The van der Waals surface area contributed by atoms with Crippen molar-refractivity contribution in [1.29, 1.82) is 0 Å². The second kappa shape index (κ2) is 5.09. The fourth-order valence-corrected chi connectivity index (χ4v) is 3.89. The molecule has 4 rings (SSSR count). The summed E-state index contributed by atoms with van der Waals surface area (Å²) in [6.45, 7) is 1.54. The van der Waals surface area contributed by atoms with Crippen LogP contribution in [0.5, 0.6) is 0 Å². The van der Waals surface area contributed by atoms with Crippen LogP contribution in [0.15, 0.2) is 30.5 Å². The van der Waals surface area contributed by atoms with Crippen LogP contribution >= 0.6 is 0 Å². The highest BCUT2D eigenvalue weighted by Gasteiger charge is 2.55. The van der Waals surface area contributed by atoms with Gasteiger partial charge in [-0.25, -0.2) is 0 Å². The minimum Gasteiger partial charge on any atom is -0.481 e. The van der Waals surface area contributed by atoms with Crippen molar-refractivity contribution in [2.75, 3.05) is 26.3 Å². The van der Waals surface area contributed by atoms with Crippen molar-refractivity contribution in [3.63, 3.8) is 0 Å². The first-order chi connectivity index (χ1) is 11.1. The highest BCUT2D eigenvalue weighted by molar-refractivity contribution is 6.06. The van der Waals surface area contributed by atoms with E-state index < -0.39 is 11.4 Å². The fourth-order valence-electron chi connectivity index (χ4n) is 3.89. The molecular weight excluding hydrogens is 296 g/mol. The van der Waals surface area contributed by atoms with Crippen molar-refractivity contribution in [1.82, 2.24) is 9.88 Å². The third-order valence-corrected chi connectivity index (χ3v) is 5.24. The van der Waals surface area contributed by atoms with Crippen LogP contribution in [0, 0.1) is 11.3 Å². The predicted octanol–water partition coefficient (Wildman–Crippen LogP) is 1.73. The van der Waals surface area contributed by atoms with E-state index in [1.54, 1.807) is 17.2 Å². The number of hydrogen-bond donors (Lipinski definition) is 2. The molecule has 3 heterocycles. The van der Waals surface area contributed by atoms with Gasteiger partial charge >= 0.3 is 5.97 Å². The Hall–Kier alpha value is -2.34. The van der Waals surface area contributed by atoms with Gasteiger partial charge in [-0.2, -0.15) is 0 Å². The van der Waals surface area contributed by atoms with E-state index in [9.17, 15) is 14.7 Å². The number of fused-ring (bicyclic) bond motifs is 2. The molecule has 1 amide bonds. The lowest BCUT2D eigenvalue weighted by Gasteiger charge is -2.33. The van der Waals surface area contributed by atoms with Crippen LogP contribution in [-0.4, -0.2) is 53.2 Å². The summed E-state index contributed by atoms with van der Waals surface area (Å²) >= 11 is 0. The van der Waals surface area contributed by atoms with Crippen LogP contribution in [0.3, 0.4) is 0 Å². The molecule has 120 valence electrons. The second-order valence-electron chi connectivity index (χ2n) is 6.42. The number of benzene rings is 1. The zero-order valence-corrected chi connectivity index (χ0v) is 12.6. The molecule has 0 aliphatic carbocycles. The Morgan fingerprint density at radius 2 is 2.22 bits per heavy atom. The van der Waals surface area contributed by atoms with Gasteiger partial charge in [0.05, 0.1) is 23.1 Å². The number of rotatable bonds is 2. The first kappa shape index (κ1) is 14.3. The van der Waals surface area contributed by atoms with Crippen LogP contribution in [-0.2, 0) is 9.53 Å². The maximum absolute atomic E-state index is 12.9. The van der Waals surface area contributed by atoms with Gasteiger partial charge in [-0.1, -0.05) is 12.1 Å². The molecule has 2 fully saturated rings. The summed E-state index contributed by atoms with van der Waals surface area (Å²) in [5, 5.41) is 10.7. The number of likely N-dealkylation sites (tertiary alicyclic amines) is 1. The van der Waals surface area contributed by atoms with Gasteiger partial charge in [0, 0.05) is 37.2 Å². The number of hydrogen-bond acceptors (Lipinski definition) is 3. The van der Waals surface area contributed by atoms with Gasteiger partial charge in [0.25, 0.3) is 5.91 Å². The average molecular weight is 314 g/mol. The Labute approximate surface area is 133 Å². The van der Waals surface area contributed by atoms with Crippen molar-refractivity contribution in [3.05, 3.63) is 36.0 Å². The van der Waals surface area contributed by atoms with Crippen LogP contribution in [0.2, 0.25) is 0 Å². The van der Waals surface area contributed by atoms with Crippen LogP contribution in [0.25, 0.3) is 10.9 Å². The number of para-hydroxylation sites is 1. The largest absolute Gasteiger partial charge is 0.481 e. The number of nitrogens with one attached hydrogen (secondary N) is 1. The van der Waals surface area contributed by atoms with Gasteiger partial charge in [-0.05, 0) is 18.6 Å². The molecule has 0 unspecified atom stereocenters. The predicted molar refractivity (Wildman–Crippen MR) is 83.2 cm³/mol. The molecule has 1 aromatic heterocycles. The van der Waals surface area contributed by atoms with Crippen molar-refractivity contribution < 1.29 is 19.4 Å². The normalized spacial score (nSPS) is 27.1. The van der Waals surface area contributed by atoms with Gasteiger partial charge in [0.15, 0.2) is 0 Å². The van der Waals surface area contributed by atoms with E-state index in [4.69, 9.17) is 4.74 Å². The summed E-state index contributed by atoms with van der Waals surface area (Å²) in [5.41, 5.74) is 0.526. The molecule has 23 heavy (non-hydrogen) atoms. The van der Waals surface area contributed by atoms with Crippen molar-refractivity contribution in [3.8, 4) is 0 Å². The monoisotopic (exact) mass is 314 g/mol. The van der Waals surface area contributed by atoms with Gasteiger partial charge in [-0.15, -0.1) is 0 Å². The quantitative estimate of drug-likeness (QED) is 0.884. The van der Waals surface area contributed by atoms with E-state index in [0.29, 0.717) is 31.7 Å². The fraction of sp³-hybridized carbons (Fsp3) is 0.412. The van der Waals surface area contributed by atoms with Crippen LogP contribution < -0.4 is 0 Å². The lowest BCUT2D eigenvalue weighted by molar-refractivity contribution is -0.157. The molecular formula is C17H18N2O4. The number of amides is 1. The Morgan fingerprint density at radius 1 is 1.35 bits per heavy atom. The number of carbonyl (C=O) groups excluding carboxylic acids is 1. The van der Waals surface area contributed by atoms with Gasteiger partial charge in [0.2, 0.25) is 0 Å². The van der Waals surface area contributed by atoms with Gasteiger partial charge < -0.3 is 19.7 Å². The molecule has 2 saturated heterocycles. The first-order valence-electron chi connectivity index (χ1n) is 7.78. The zero-order chi connectivity index (χ0) is 16.0. The molecule has 2 atom stereocenters. The van der Waals surface area contributed by atoms with E-state index in [2.05, 4.69) is 4.98 Å². The lowest BCUT2D eigenvalue weighted by atomic mass is 9.74. The number of ether oxygens (including phenoxy) is 1. The van der Waals surface area contributed by atoms with E-state index >= 15 is 0 Å². The highest BCUT2D eigenvalue weighted by Crippen LogP contribution is 2.43. The van der Waals surface area contributed by atoms with E-state index in [-0.39, 0.29) is 18.4 Å². The van der Waals surface area contributed by atoms with Crippen LogP contribution in [0.4, 0.5) is 0 Å². The number of aromatic amines is 1. The highest BCUT2D eigenvalue weighted by atomic mass is 16.5. The zero-order valence-electron chi connectivity index (χ0n) is 12.6. The first-order valence-corrected chi connectivity index (χ1v) is 7.78. The van der Waals surface area contributed by atoms with E-state index in [0.717, 1.165) is 10.9 Å². The van der Waals surface area contributed by atoms with Crippen LogP contribution in [0.1, 0.15) is 16.8 Å². The SMILES string of the molecule is O=C(c1cccc2cc[nH]c12)N1C[C@H]2COCC[C@@]2(C(=O)O)C1. The minimum absolute atomic E-state index is 0.118. The number of aromatic nitrogens is 1. The molecule has 2 aliphatic heterocycles. The molecule has 0 spiro atoms. The molecule has 2 N–H and O–H groups in total. The molecule has 1 aromatic carbocycles. The molecule has 0 saturated carbocycles. The standard InChI is InChI=1S/C17H18N2O4/c20-15(13-3-1-2-11-4-6-18-14(11)13)19-8-12-9-23-7-5-17(12,10-19)16(21)22/h1-4,6,12,18H,5,7-10H2,(H,21,22)/t12-,17+/m0/s1. The molecule has 0 radical (unpaired) electrons. The Morgan fingerprint density at radius 3 is 3.00 bits per heavy atom. The molecule has 2 aromatic rings. The Balaban J connectivity index is 1.68. The van der Waals surface area contributed by atoms with Gasteiger partial charge in [-0.3, -0.25) is 9.59 Å². The van der Waals surface area contributed by atoms with Crippen molar-refractivity contribution in [2.24, 2.45) is 11.3 Å². The molecule has 6 heteroatoms. The third kappa shape index (κ3) is 2.05. The summed E-state index contributed by atoms with van der Waals surface area (Å²) < 4.78 is 5.44. The summed E-state index contributed by atoms with van der Waals surface area (Å²) in [4.78, 5) is 29.5. The third-order valence-electron chi connectivity index (χ3n) is 5.24. The van der Waals surface area contributed by atoms with E-state index in [1.807, 2.05) is 18.2 Å². The summed E-state index contributed by atoms with van der Waals surface area (Å²) in [6, 6.07) is 7.50. The number of carboxylic acid groups (broad SMARTS) is 1. The number of nitrogens with zero attached hydrogens (tertiary/aromatic N) is 1. The number of carbonyl (C=O) groups is 2. The number of carboxylic acids is 1. The summed E-state index contributed by atoms with van der Waals surface area (Å²) in [6.07, 6.45) is 2.27. The Kier molecular flexibility index (Phi) is 3.16. The topological polar surface area (TPSA) is 82.6 Å². The van der Waals surface area contributed by atoms with Crippen molar-refractivity contribution in [2.45, 2.75) is 6.42 Å². The maximum Gasteiger partial charge on any atom is 0.311 e. The lowest BCUT2D eigenvalue weighted by Crippen LogP contribution is -2.45. The van der Waals surface area contributed by atoms with Gasteiger partial charge in [0.1, 0.15) is 0 Å². The summed E-state index contributed by atoms with van der Waals surface area (Å²) in [5.74, 6) is -1.08. The minimum atomic E-state index is -0.864. The second-order valence-corrected chi connectivity index (χ2v) is 6.42. The average Bonchev–Trinajstić information content (AvgIpc) is 3.18. The number of aliphatic carboxylic acids is 1. The molecule has 6 nitrogen and oxygen atoms in total. The molecule has 2 aliphatic rings. The number of H-pyrrole nitrogens is 1. The maximum atomic E-state index is 12.9.